The first-order chi connectivity index (χ1) is 32.4. The summed E-state index contributed by atoms with van der Waals surface area (Å²) >= 11 is 0. The highest BCUT2D eigenvalue weighted by Gasteiger charge is 2.46. The van der Waals surface area contributed by atoms with Gasteiger partial charge in [0, 0.05) is 70.8 Å². The van der Waals surface area contributed by atoms with E-state index in [-0.39, 0.29) is 42.2 Å². The van der Waals surface area contributed by atoms with Crippen LogP contribution in [0, 0.1) is 11.3 Å². The number of anilines is 1. The third-order valence-electron chi connectivity index (χ3n) is 12.0. The maximum absolute atomic E-state index is 14.0. The summed E-state index contributed by atoms with van der Waals surface area (Å²) in [4.78, 5) is 85.4. The molecule has 1 aliphatic carbocycles. The molecule has 1 unspecified atom stereocenters. The number of nitrogens with zero attached hydrogens (tertiary/aromatic N) is 3. The third kappa shape index (κ3) is 10.3. The van der Waals surface area contributed by atoms with E-state index >= 15 is 0 Å². The molecule has 0 bridgehead atoms. The fourth-order valence-electron chi connectivity index (χ4n) is 8.58. The van der Waals surface area contributed by atoms with Crippen molar-refractivity contribution in [2.75, 3.05) is 77.8 Å². The number of allylic oxidation sites excluding steroid dienone is 1. The molecule has 1 aromatic heterocycles. The number of aliphatic imine (C=N–C) groups is 1. The number of H-pyrrole nitrogens is 1. The van der Waals surface area contributed by atoms with E-state index in [1.54, 1.807) is 36.5 Å². The zero-order valence-corrected chi connectivity index (χ0v) is 37.8. The predicted octanol–water partition coefficient (Wildman–Crippen LogP) is 3.54. The average molecular weight is 915 g/mol. The number of ketones is 1. The summed E-state index contributed by atoms with van der Waals surface area (Å²) in [6, 6.07) is 15.3. The molecule has 18 heteroatoms. The number of imide groups is 2. The SMILES string of the molecule is CCc1cc2c(cc1C(C=NCC(=O)NCCOCCOCCOCCOCCNc1cccc3c1C(=O)N(C1CCC(=O)NC1=O)C3=O)=CN)C(C)(C)c1[nH]c3cc(C#N)ccc3c1C2=O. The quantitative estimate of drug-likeness (QED) is 0.0430. The Bertz CT molecular complexity index is 2700. The second-order valence-corrected chi connectivity index (χ2v) is 16.6. The minimum atomic E-state index is -1.03. The van der Waals surface area contributed by atoms with E-state index in [0.717, 1.165) is 38.2 Å². The minimum absolute atomic E-state index is 0.0496. The van der Waals surface area contributed by atoms with Gasteiger partial charge in [-0.25, -0.2) is 0 Å². The van der Waals surface area contributed by atoms with E-state index in [4.69, 9.17) is 24.7 Å². The first-order valence-electron chi connectivity index (χ1n) is 22.3. The fraction of sp³-hybridized carbons (Fsp3) is 0.388. The molecule has 0 spiro atoms. The van der Waals surface area contributed by atoms with Crippen LogP contribution in [0.2, 0.25) is 0 Å². The normalized spacial score (nSPS) is 16.6. The number of nitrogens with two attached hydrogens (primary N) is 1. The van der Waals surface area contributed by atoms with Gasteiger partial charge in [-0.3, -0.25) is 44.0 Å². The van der Waals surface area contributed by atoms with Crippen molar-refractivity contribution in [1.82, 2.24) is 20.5 Å². The van der Waals surface area contributed by atoms with Gasteiger partial charge in [0.25, 0.3) is 11.8 Å². The Morgan fingerprint density at radius 1 is 0.910 bits per heavy atom. The Labute approximate surface area is 387 Å². The first kappa shape index (κ1) is 47.9. The number of amides is 5. The van der Waals surface area contributed by atoms with Gasteiger partial charge in [-0.05, 0) is 65.9 Å². The number of piperidine rings is 1. The number of benzene rings is 3. The van der Waals surface area contributed by atoms with Gasteiger partial charge in [-0.15, -0.1) is 0 Å². The van der Waals surface area contributed by atoms with Gasteiger partial charge in [0.1, 0.15) is 12.6 Å². The van der Waals surface area contributed by atoms with Crippen LogP contribution in [0.25, 0.3) is 16.5 Å². The number of aromatic amines is 1. The van der Waals surface area contributed by atoms with Gasteiger partial charge in [-0.1, -0.05) is 32.9 Å². The summed E-state index contributed by atoms with van der Waals surface area (Å²) in [6.45, 7) is 9.34. The maximum Gasteiger partial charge on any atom is 0.264 e. The molecular formula is C49H54N8O10. The molecule has 67 heavy (non-hydrogen) atoms. The summed E-state index contributed by atoms with van der Waals surface area (Å²) in [6.07, 6.45) is 3.80. The summed E-state index contributed by atoms with van der Waals surface area (Å²) in [5.41, 5.74) is 12.9. The summed E-state index contributed by atoms with van der Waals surface area (Å²) < 4.78 is 22.3. The molecule has 1 atom stereocenters. The zero-order chi connectivity index (χ0) is 47.7. The standard InChI is InChI=1S/C49H54N8O10/c1-4-30-23-35-36(49(2,3)45-43(44(35)60)32-9-8-29(25-50)22-38(32)55-45)24-34(30)31(26-51)27-52-28-41(59)54-13-15-65-17-19-67-21-20-66-18-16-64-14-12-53-37-7-5-6-33-42(37)48(63)57(47(33)62)39-10-11-40(58)56-46(39)61/h5-9,22-24,26-27,39,53,55H,4,10-21,28,51H2,1-3H3,(H,54,59)(H,56,58,61). The smallest absolute Gasteiger partial charge is 0.264 e. The molecule has 0 radical (unpaired) electrons. The lowest BCUT2D eigenvalue weighted by molar-refractivity contribution is -0.136. The van der Waals surface area contributed by atoms with Gasteiger partial charge < -0.3 is 40.3 Å². The van der Waals surface area contributed by atoms with Crippen LogP contribution < -0.4 is 21.7 Å². The van der Waals surface area contributed by atoms with Gasteiger partial charge in [0.15, 0.2) is 5.78 Å². The van der Waals surface area contributed by atoms with E-state index < -0.39 is 35.1 Å². The van der Waals surface area contributed by atoms with Gasteiger partial charge in [0.2, 0.25) is 17.7 Å². The first-order valence-corrected chi connectivity index (χ1v) is 22.3. The molecule has 0 saturated carbocycles. The maximum atomic E-state index is 14.0. The highest BCUT2D eigenvalue weighted by atomic mass is 16.6. The molecule has 2 aliphatic heterocycles. The van der Waals surface area contributed by atoms with Crippen molar-refractivity contribution in [3.63, 3.8) is 0 Å². The second-order valence-electron chi connectivity index (χ2n) is 16.6. The van der Waals surface area contributed by atoms with Crippen molar-refractivity contribution in [3.05, 3.63) is 105 Å². The van der Waals surface area contributed by atoms with Crippen molar-refractivity contribution >= 4 is 63.7 Å². The second kappa shape index (κ2) is 21.5. The number of ether oxygens (including phenoxy) is 4. The Balaban J connectivity index is 0.740. The number of rotatable bonds is 22. The van der Waals surface area contributed by atoms with Gasteiger partial charge in [-0.2, -0.15) is 5.26 Å². The molecule has 3 aliphatic rings. The number of nitrogens with one attached hydrogen (secondary N) is 4. The Hall–Kier alpha value is -7.04. The van der Waals surface area contributed by atoms with Gasteiger partial charge in [0.05, 0.1) is 81.2 Å². The number of aromatic nitrogens is 1. The van der Waals surface area contributed by atoms with Gasteiger partial charge >= 0.3 is 0 Å². The number of carbonyl (C=O) groups excluding carboxylic acids is 6. The molecule has 6 N–H and O–H groups in total. The summed E-state index contributed by atoms with van der Waals surface area (Å²) in [5, 5.41) is 18.3. The molecule has 1 fully saturated rings. The summed E-state index contributed by atoms with van der Waals surface area (Å²) in [5.74, 6) is -2.59. The van der Waals surface area contributed by atoms with E-state index in [9.17, 15) is 34.0 Å². The van der Waals surface area contributed by atoms with Crippen LogP contribution in [-0.2, 0) is 45.2 Å². The van der Waals surface area contributed by atoms with E-state index in [0.29, 0.717) is 100 Å². The van der Waals surface area contributed by atoms with Crippen LogP contribution >= 0.6 is 0 Å². The monoisotopic (exact) mass is 914 g/mol. The van der Waals surface area contributed by atoms with Crippen molar-refractivity contribution in [3.8, 4) is 6.07 Å². The molecule has 7 rings (SSSR count). The fourth-order valence-corrected chi connectivity index (χ4v) is 8.58. The van der Waals surface area contributed by atoms with E-state index in [1.165, 1.54) is 6.20 Å². The molecule has 5 amide bonds. The highest BCUT2D eigenvalue weighted by Crippen LogP contribution is 2.45. The Kier molecular flexibility index (Phi) is 15.4. The topological polar surface area (TPSA) is 257 Å². The molecule has 4 aromatic rings. The number of nitriles is 1. The number of hydrogen-bond donors (Lipinski definition) is 5. The highest BCUT2D eigenvalue weighted by molar-refractivity contribution is 6.25. The minimum Gasteiger partial charge on any atom is -0.404 e. The summed E-state index contributed by atoms with van der Waals surface area (Å²) in [7, 11) is 0. The molecule has 1 saturated heterocycles. The third-order valence-corrected chi connectivity index (χ3v) is 12.0. The zero-order valence-electron chi connectivity index (χ0n) is 37.8. The number of fused-ring (bicyclic) bond motifs is 5. The molecule has 18 nitrogen and oxygen atoms in total. The number of hydrogen-bond acceptors (Lipinski definition) is 14. The molecule has 3 heterocycles. The number of aryl methyl sites for hydroxylation is 1. The van der Waals surface area contributed by atoms with Crippen LogP contribution in [0.3, 0.4) is 0 Å². The molecule has 3 aromatic carbocycles. The van der Waals surface area contributed by atoms with Crippen LogP contribution in [-0.4, -0.2) is 130 Å². The Morgan fingerprint density at radius 3 is 2.28 bits per heavy atom. The lowest BCUT2D eigenvalue weighted by Crippen LogP contribution is -2.54. The Morgan fingerprint density at radius 2 is 1.61 bits per heavy atom. The largest absolute Gasteiger partial charge is 0.404 e. The van der Waals surface area contributed by atoms with Crippen LogP contribution in [0.1, 0.15) is 98.2 Å². The number of carbonyl (C=O) groups is 6. The van der Waals surface area contributed by atoms with E-state index in [1.807, 2.05) is 25.1 Å². The van der Waals surface area contributed by atoms with Crippen molar-refractivity contribution < 1.29 is 47.7 Å². The lowest BCUT2D eigenvalue weighted by Gasteiger charge is -2.33. The van der Waals surface area contributed by atoms with Crippen molar-refractivity contribution in [2.45, 2.75) is 51.5 Å². The predicted molar refractivity (Wildman–Crippen MR) is 248 cm³/mol. The van der Waals surface area contributed by atoms with Crippen molar-refractivity contribution in [1.29, 1.82) is 5.26 Å². The van der Waals surface area contributed by atoms with Crippen LogP contribution in [0.15, 0.2) is 59.7 Å². The van der Waals surface area contributed by atoms with Crippen LogP contribution in [0.5, 0.6) is 0 Å². The average Bonchev–Trinajstić information content (AvgIpc) is 3.84. The molecular weight excluding hydrogens is 861 g/mol. The van der Waals surface area contributed by atoms with Crippen molar-refractivity contribution in [2.24, 2.45) is 10.7 Å². The van der Waals surface area contributed by atoms with E-state index in [2.05, 4.69) is 45.8 Å². The van der Waals surface area contributed by atoms with Crippen LogP contribution in [0.4, 0.5) is 5.69 Å². The lowest BCUT2D eigenvalue weighted by atomic mass is 9.70. The molecule has 350 valence electrons.